The molecule has 0 heterocycles. The minimum atomic E-state index is -0.762. The van der Waals surface area contributed by atoms with E-state index in [1.807, 2.05) is 20.8 Å². The van der Waals surface area contributed by atoms with E-state index in [2.05, 4.69) is 5.48 Å². The van der Waals surface area contributed by atoms with Gasteiger partial charge in [-0.1, -0.05) is 20.8 Å². The molecule has 0 aliphatic carbocycles. The number of rotatable bonds is 3. The predicted octanol–water partition coefficient (Wildman–Crippen LogP) is 1.58. The van der Waals surface area contributed by atoms with Crippen molar-refractivity contribution in [1.82, 2.24) is 5.48 Å². The molecule has 14 heavy (non-hydrogen) atoms. The van der Waals surface area contributed by atoms with Crippen molar-refractivity contribution in [2.75, 3.05) is 7.11 Å². The minimum absolute atomic E-state index is 0.230. The van der Waals surface area contributed by atoms with Crippen molar-refractivity contribution in [2.45, 2.75) is 40.7 Å². The highest BCUT2D eigenvalue weighted by Gasteiger charge is 2.44. The first-order valence-electron chi connectivity index (χ1n) is 4.66. The maximum absolute atomic E-state index is 11.5. The first kappa shape index (κ1) is 13.4. The van der Waals surface area contributed by atoms with E-state index in [0.717, 1.165) is 0 Å². The van der Waals surface area contributed by atoms with Crippen LogP contribution in [0.15, 0.2) is 0 Å². The van der Waals surface area contributed by atoms with Gasteiger partial charge in [-0.15, -0.1) is 0 Å². The Labute approximate surface area is 85.6 Å². The van der Waals surface area contributed by atoms with Gasteiger partial charge in [0.1, 0.15) is 0 Å². The summed E-state index contributed by atoms with van der Waals surface area (Å²) in [6.07, 6.45) is 0. The van der Waals surface area contributed by atoms with Gasteiger partial charge in [-0.05, 0) is 19.3 Å². The smallest absolute Gasteiger partial charge is 0.312 e. The summed E-state index contributed by atoms with van der Waals surface area (Å²) in [4.78, 5) is 11.5. The summed E-state index contributed by atoms with van der Waals surface area (Å²) in [7, 11) is 1.35. The van der Waals surface area contributed by atoms with Gasteiger partial charge < -0.3 is 9.94 Å². The van der Waals surface area contributed by atoms with E-state index in [9.17, 15) is 4.79 Å². The molecule has 0 aromatic carbocycles. The Balaban J connectivity index is 4.93. The molecular formula is C10H21NO3. The molecule has 0 aliphatic heterocycles. The van der Waals surface area contributed by atoms with Crippen LogP contribution >= 0.6 is 0 Å². The van der Waals surface area contributed by atoms with Crippen molar-refractivity contribution in [1.29, 1.82) is 0 Å². The summed E-state index contributed by atoms with van der Waals surface area (Å²) in [5.74, 6) is -0.334. The van der Waals surface area contributed by atoms with Gasteiger partial charge in [0.15, 0.2) is 0 Å². The topological polar surface area (TPSA) is 58.6 Å². The second-order valence-corrected chi connectivity index (χ2v) is 5.14. The maximum atomic E-state index is 11.5. The van der Waals surface area contributed by atoms with E-state index < -0.39 is 5.41 Å². The predicted molar refractivity (Wildman–Crippen MR) is 54.0 cm³/mol. The fraction of sp³-hybridized carbons (Fsp3) is 0.900. The third-order valence-electron chi connectivity index (χ3n) is 2.43. The molecule has 4 nitrogen and oxygen atoms in total. The molecule has 4 heteroatoms. The van der Waals surface area contributed by atoms with Crippen LogP contribution in [-0.4, -0.2) is 24.3 Å². The second-order valence-electron chi connectivity index (χ2n) is 5.14. The van der Waals surface area contributed by atoms with Crippen LogP contribution in [-0.2, 0) is 9.53 Å². The average molecular weight is 203 g/mol. The molecule has 0 saturated carbocycles. The fourth-order valence-electron chi connectivity index (χ4n) is 1.82. The summed E-state index contributed by atoms with van der Waals surface area (Å²) in [6.45, 7) is 9.35. The third kappa shape index (κ3) is 2.69. The normalized spacial score (nSPS) is 15.1. The van der Waals surface area contributed by atoms with E-state index in [0.29, 0.717) is 0 Å². The Morgan fingerprint density at radius 2 is 1.71 bits per heavy atom. The molecule has 0 aliphatic rings. The monoisotopic (exact) mass is 203 g/mol. The lowest BCUT2D eigenvalue weighted by Gasteiger charge is -2.39. The zero-order chi connectivity index (χ0) is 11.6. The molecule has 0 rings (SSSR count). The molecule has 1 unspecified atom stereocenters. The zero-order valence-electron chi connectivity index (χ0n) is 9.84. The van der Waals surface area contributed by atoms with Gasteiger partial charge in [0.2, 0.25) is 0 Å². The van der Waals surface area contributed by atoms with Crippen LogP contribution in [0.25, 0.3) is 0 Å². The number of ether oxygens (including phenoxy) is 1. The summed E-state index contributed by atoms with van der Waals surface area (Å²) in [5, 5.41) is 9.08. The van der Waals surface area contributed by atoms with E-state index >= 15 is 0 Å². The first-order valence-corrected chi connectivity index (χ1v) is 4.66. The van der Waals surface area contributed by atoms with Crippen molar-refractivity contribution in [3.05, 3.63) is 0 Å². The minimum Gasteiger partial charge on any atom is -0.469 e. The van der Waals surface area contributed by atoms with Crippen molar-refractivity contribution >= 4 is 5.97 Å². The molecule has 0 aromatic rings. The Bertz CT molecular complexity index is 206. The average Bonchev–Trinajstić information content (AvgIpc) is 2.00. The Hall–Kier alpha value is -0.610. The molecule has 0 fully saturated rings. The summed E-state index contributed by atoms with van der Waals surface area (Å²) in [6, 6.07) is -0.359. The highest BCUT2D eigenvalue weighted by atomic mass is 16.5. The van der Waals surface area contributed by atoms with E-state index in [1.54, 1.807) is 13.8 Å². The Morgan fingerprint density at radius 1 is 1.29 bits per heavy atom. The number of hydrogen-bond donors (Lipinski definition) is 2. The number of carbonyl (C=O) groups is 1. The van der Waals surface area contributed by atoms with Crippen molar-refractivity contribution < 1.29 is 14.7 Å². The number of esters is 1. The maximum Gasteiger partial charge on any atom is 0.312 e. The van der Waals surface area contributed by atoms with Gasteiger partial charge in [0.05, 0.1) is 18.6 Å². The molecule has 0 saturated heterocycles. The van der Waals surface area contributed by atoms with Crippen LogP contribution < -0.4 is 5.48 Å². The zero-order valence-corrected chi connectivity index (χ0v) is 9.84. The first-order chi connectivity index (χ1) is 6.17. The fourth-order valence-corrected chi connectivity index (χ4v) is 1.82. The highest BCUT2D eigenvalue weighted by Crippen LogP contribution is 2.34. The number of carbonyl (C=O) groups excluding carboxylic acids is 1. The van der Waals surface area contributed by atoms with Gasteiger partial charge in [-0.25, -0.2) is 5.48 Å². The van der Waals surface area contributed by atoms with Crippen LogP contribution in [0.5, 0.6) is 0 Å². The highest BCUT2D eigenvalue weighted by molar-refractivity contribution is 5.76. The van der Waals surface area contributed by atoms with Gasteiger partial charge in [0, 0.05) is 0 Å². The summed E-state index contributed by atoms with van der Waals surface area (Å²) >= 11 is 0. The molecule has 2 N–H and O–H groups in total. The Morgan fingerprint density at radius 3 is 1.93 bits per heavy atom. The van der Waals surface area contributed by atoms with Gasteiger partial charge >= 0.3 is 5.97 Å². The van der Waals surface area contributed by atoms with Gasteiger partial charge in [-0.3, -0.25) is 4.79 Å². The van der Waals surface area contributed by atoms with E-state index in [-0.39, 0.29) is 17.4 Å². The third-order valence-corrected chi connectivity index (χ3v) is 2.43. The van der Waals surface area contributed by atoms with Crippen molar-refractivity contribution in [3.63, 3.8) is 0 Å². The quantitative estimate of drug-likeness (QED) is 0.540. The largest absolute Gasteiger partial charge is 0.469 e. The van der Waals surface area contributed by atoms with E-state index in [1.165, 1.54) is 7.11 Å². The molecular weight excluding hydrogens is 182 g/mol. The SMILES string of the molecule is COC(=O)C(C)(C)C(NO)C(C)(C)C. The molecule has 84 valence electrons. The van der Waals surface area contributed by atoms with Crippen LogP contribution in [0.1, 0.15) is 34.6 Å². The summed E-state index contributed by atoms with van der Waals surface area (Å²) < 4.78 is 4.70. The molecule has 0 spiro atoms. The lowest BCUT2D eigenvalue weighted by atomic mass is 9.71. The van der Waals surface area contributed by atoms with Crippen molar-refractivity contribution in [2.24, 2.45) is 10.8 Å². The van der Waals surface area contributed by atoms with E-state index in [4.69, 9.17) is 9.94 Å². The van der Waals surface area contributed by atoms with Crippen LogP contribution in [0.3, 0.4) is 0 Å². The molecule has 0 amide bonds. The molecule has 0 aromatic heterocycles. The number of hydrogen-bond acceptors (Lipinski definition) is 4. The Kier molecular flexibility index (Phi) is 4.09. The molecule has 1 atom stereocenters. The number of hydroxylamine groups is 1. The number of nitrogens with one attached hydrogen (secondary N) is 1. The van der Waals surface area contributed by atoms with Gasteiger partial charge in [-0.2, -0.15) is 0 Å². The molecule has 0 bridgehead atoms. The second kappa shape index (κ2) is 4.28. The lowest BCUT2D eigenvalue weighted by molar-refractivity contribution is -0.157. The van der Waals surface area contributed by atoms with Crippen LogP contribution in [0.2, 0.25) is 0 Å². The summed E-state index contributed by atoms with van der Waals surface area (Å²) in [5.41, 5.74) is 1.20. The van der Waals surface area contributed by atoms with Crippen LogP contribution in [0.4, 0.5) is 0 Å². The number of methoxy groups -OCH3 is 1. The standard InChI is InChI=1S/C10H21NO3/c1-9(2,3)7(11-13)10(4,5)8(12)14-6/h7,11,13H,1-6H3. The van der Waals surface area contributed by atoms with Crippen molar-refractivity contribution in [3.8, 4) is 0 Å². The lowest BCUT2D eigenvalue weighted by Crippen LogP contribution is -2.53. The van der Waals surface area contributed by atoms with Crippen LogP contribution in [0, 0.1) is 10.8 Å². The van der Waals surface area contributed by atoms with Gasteiger partial charge in [0.25, 0.3) is 0 Å². The molecule has 0 radical (unpaired) electrons.